The summed E-state index contributed by atoms with van der Waals surface area (Å²) < 4.78 is 0. The van der Waals surface area contributed by atoms with E-state index in [4.69, 9.17) is 5.73 Å². The molecule has 178 valence electrons. The molecule has 0 aliphatic rings. The van der Waals surface area contributed by atoms with Gasteiger partial charge in [0.1, 0.15) is 0 Å². The second kappa shape index (κ2) is 30.1. The lowest BCUT2D eigenvalue weighted by Crippen LogP contribution is -2.12. The molecule has 0 aromatic heterocycles. The molecule has 0 rings (SSSR count). The van der Waals surface area contributed by atoms with Crippen LogP contribution in [0.3, 0.4) is 0 Å². The summed E-state index contributed by atoms with van der Waals surface area (Å²) >= 11 is 0. The largest absolute Gasteiger partial charge is 0.330 e. The van der Waals surface area contributed by atoms with E-state index >= 15 is 0 Å². The van der Waals surface area contributed by atoms with Gasteiger partial charge >= 0.3 is 0 Å². The first-order chi connectivity index (χ1) is 14.2. The zero-order valence-corrected chi connectivity index (χ0v) is 21.3. The highest BCUT2D eigenvalue weighted by Gasteiger charge is 1.94. The molecule has 0 aromatic rings. The van der Waals surface area contributed by atoms with Crippen LogP contribution in [0.25, 0.3) is 0 Å². The standard InChI is InChI=1S/C14H31N.C13H29N/c1-4-5-6-7-8-9-10-11-12-13-14-15(2)3;1-2-3-4-5-6-7-8-9-10-11-12-13-14/h4-14H2,1-3H3;2-14H2,1H3. The van der Waals surface area contributed by atoms with E-state index in [9.17, 15) is 0 Å². The SMILES string of the molecule is CCCCCCCCCCCCCN.CCCCCCCCCCCCN(C)C. The van der Waals surface area contributed by atoms with E-state index in [-0.39, 0.29) is 0 Å². The van der Waals surface area contributed by atoms with Gasteiger partial charge in [-0.15, -0.1) is 0 Å². The number of unbranched alkanes of at least 4 members (excludes halogenated alkanes) is 19. The molecular weight excluding hydrogens is 352 g/mol. The molecule has 0 fully saturated rings. The van der Waals surface area contributed by atoms with Crippen molar-refractivity contribution in [1.29, 1.82) is 0 Å². The molecule has 2 nitrogen and oxygen atoms in total. The summed E-state index contributed by atoms with van der Waals surface area (Å²) in [4.78, 5) is 2.28. The Hall–Kier alpha value is -0.0800. The molecule has 0 heterocycles. The molecule has 0 bridgehead atoms. The van der Waals surface area contributed by atoms with Crippen molar-refractivity contribution in [3.8, 4) is 0 Å². The van der Waals surface area contributed by atoms with Crippen molar-refractivity contribution in [3.05, 3.63) is 0 Å². The highest BCUT2D eigenvalue weighted by molar-refractivity contribution is 4.50. The predicted molar refractivity (Wildman–Crippen MR) is 136 cm³/mol. The molecule has 2 N–H and O–H groups in total. The van der Waals surface area contributed by atoms with Gasteiger partial charge in [0, 0.05) is 0 Å². The summed E-state index contributed by atoms with van der Waals surface area (Å²) in [7, 11) is 4.32. The maximum Gasteiger partial charge on any atom is -0.00248 e. The molecule has 0 saturated carbocycles. The van der Waals surface area contributed by atoms with Gasteiger partial charge in [0.05, 0.1) is 0 Å². The molecule has 29 heavy (non-hydrogen) atoms. The third-order valence-electron chi connectivity index (χ3n) is 5.77. The minimum atomic E-state index is 0.872. The van der Waals surface area contributed by atoms with Crippen molar-refractivity contribution in [2.45, 2.75) is 149 Å². The quantitative estimate of drug-likeness (QED) is 0.180. The average molecular weight is 413 g/mol. The molecule has 0 aromatic carbocycles. The van der Waals surface area contributed by atoms with E-state index < -0.39 is 0 Å². The first-order valence-corrected chi connectivity index (χ1v) is 13.5. The zero-order chi connectivity index (χ0) is 21.8. The third kappa shape index (κ3) is 35.7. The second-order valence-electron chi connectivity index (χ2n) is 9.31. The summed E-state index contributed by atoms with van der Waals surface area (Å²) in [5.74, 6) is 0. The number of rotatable bonds is 22. The van der Waals surface area contributed by atoms with Crippen LogP contribution < -0.4 is 5.73 Å². The Morgan fingerprint density at radius 3 is 0.966 bits per heavy atom. The minimum Gasteiger partial charge on any atom is -0.330 e. The van der Waals surface area contributed by atoms with E-state index in [1.165, 1.54) is 141 Å². The van der Waals surface area contributed by atoms with Crippen LogP contribution in [-0.2, 0) is 0 Å². The minimum absolute atomic E-state index is 0.872. The van der Waals surface area contributed by atoms with E-state index in [1.807, 2.05) is 0 Å². The Bertz CT molecular complexity index is 241. The van der Waals surface area contributed by atoms with Crippen LogP contribution in [0, 0.1) is 0 Å². The van der Waals surface area contributed by atoms with Gasteiger partial charge in [-0.3, -0.25) is 0 Å². The highest BCUT2D eigenvalue weighted by atomic mass is 15.0. The van der Waals surface area contributed by atoms with Gasteiger partial charge in [-0.1, -0.05) is 136 Å². The Morgan fingerprint density at radius 1 is 0.414 bits per heavy atom. The van der Waals surface area contributed by atoms with Crippen molar-refractivity contribution < 1.29 is 0 Å². The van der Waals surface area contributed by atoms with Crippen molar-refractivity contribution in [2.24, 2.45) is 5.73 Å². The van der Waals surface area contributed by atoms with Crippen LogP contribution >= 0.6 is 0 Å². The fraction of sp³-hybridized carbons (Fsp3) is 1.00. The Labute approximate surface area is 186 Å². The molecular formula is C27H60N2. The summed E-state index contributed by atoms with van der Waals surface area (Å²) in [5.41, 5.74) is 5.44. The fourth-order valence-corrected chi connectivity index (χ4v) is 3.72. The number of hydrogen-bond acceptors (Lipinski definition) is 2. The van der Waals surface area contributed by atoms with Gasteiger partial charge in [0.15, 0.2) is 0 Å². The summed E-state index contributed by atoms with van der Waals surface area (Å²) in [6, 6.07) is 0. The summed E-state index contributed by atoms with van der Waals surface area (Å²) in [5, 5.41) is 0. The number of nitrogens with zero attached hydrogens (tertiary/aromatic N) is 1. The molecule has 0 atom stereocenters. The number of nitrogens with two attached hydrogens (primary N) is 1. The van der Waals surface area contributed by atoms with E-state index in [0.717, 1.165) is 6.54 Å². The molecule has 0 aliphatic heterocycles. The van der Waals surface area contributed by atoms with Crippen LogP contribution in [0.4, 0.5) is 0 Å². The van der Waals surface area contributed by atoms with Crippen molar-refractivity contribution in [1.82, 2.24) is 4.90 Å². The monoisotopic (exact) mass is 412 g/mol. The van der Waals surface area contributed by atoms with E-state index in [2.05, 4.69) is 32.8 Å². The summed E-state index contributed by atoms with van der Waals surface area (Å²) in [6.45, 7) is 6.69. The lowest BCUT2D eigenvalue weighted by molar-refractivity contribution is 0.389. The molecule has 0 radical (unpaired) electrons. The summed E-state index contributed by atoms with van der Waals surface area (Å²) in [6.07, 6.45) is 29.8. The normalized spacial score (nSPS) is 11.0. The Morgan fingerprint density at radius 2 is 0.690 bits per heavy atom. The first-order valence-electron chi connectivity index (χ1n) is 13.5. The van der Waals surface area contributed by atoms with Crippen LogP contribution in [-0.4, -0.2) is 32.1 Å². The van der Waals surface area contributed by atoms with Crippen LogP contribution in [0.5, 0.6) is 0 Å². The molecule has 0 unspecified atom stereocenters. The van der Waals surface area contributed by atoms with Crippen LogP contribution in [0.15, 0.2) is 0 Å². The third-order valence-corrected chi connectivity index (χ3v) is 5.77. The molecule has 2 heteroatoms. The maximum atomic E-state index is 5.44. The predicted octanol–water partition coefficient (Wildman–Crippen LogP) is 8.73. The lowest BCUT2D eigenvalue weighted by Gasteiger charge is -2.08. The second-order valence-corrected chi connectivity index (χ2v) is 9.31. The first kappa shape index (κ1) is 31.1. The van der Waals surface area contributed by atoms with Gasteiger partial charge in [-0.25, -0.2) is 0 Å². The fourth-order valence-electron chi connectivity index (χ4n) is 3.72. The van der Waals surface area contributed by atoms with Crippen LogP contribution in [0.1, 0.15) is 149 Å². The lowest BCUT2D eigenvalue weighted by atomic mass is 10.1. The van der Waals surface area contributed by atoms with Gasteiger partial charge in [-0.2, -0.15) is 0 Å². The Kier molecular flexibility index (Phi) is 32.3. The van der Waals surface area contributed by atoms with Gasteiger partial charge in [-0.05, 0) is 40.0 Å². The van der Waals surface area contributed by atoms with Crippen molar-refractivity contribution in [3.63, 3.8) is 0 Å². The van der Waals surface area contributed by atoms with E-state index in [1.54, 1.807) is 0 Å². The van der Waals surface area contributed by atoms with E-state index in [0.29, 0.717) is 0 Å². The molecule has 0 spiro atoms. The zero-order valence-electron chi connectivity index (χ0n) is 21.3. The highest BCUT2D eigenvalue weighted by Crippen LogP contribution is 2.11. The average Bonchev–Trinajstić information content (AvgIpc) is 2.71. The molecule has 0 amide bonds. The maximum absolute atomic E-state index is 5.44. The van der Waals surface area contributed by atoms with Gasteiger partial charge in [0.25, 0.3) is 0 Å². The van der Waals surface area contributed by atoms with Crippen molar-refractivity contribution >= 4 is 0 Å². The van der Waals surface area contributed by atoms with Gasteiger partial charge < -0.3 is 10.6 Å². The topological polar surface area (TPSA) is 29.3 Å². The molecule has 0 saturated heterocycles. The van der Waals surface area contributed by atoms with Crippen molar-refractivity contribution in [2.75, 3.05) is 27.2 Å². The van der Waals surface area contributed by atoms with Crippen LogP contribution in [0.2, 0.25) is 0 Å². The smallest absolute Gasteiger partial charge is 0.00248 e. The van der Waals surface area contributed by atoms with Gasteiger partial charge in [0.2, 0.25) is 0 Å². The molecule has 0 aliphatic carbocycles. The Balaban J connectivity index is 0. The number of hydrogen-bond donors (Lipinski definition) is 1.